The molecular weight excluding hydrogens is 236 g/mol. The molecule has 0 bridgehead atoms. The molecule has 1 atom stereocenters. The number of hydrogen-bond acceptors (Lipinski definition) is 2. The van der Waals surface area contributed by atoms with Gasteiger partial charge in [0.25, 0.3) is 0 Å². The van der Waals surface area contributed by atoms with E-state index in [1.165, 1.54) is 0 Å². The number of halogens is 1. The number of likely N-dealkylation sites (tertiary alicyclic amines) is 1. The molecule has 1 aliphatic heterocycles. The molecule has 0 aromatic heterocycles. The molecule has 1 amide bonds. The predicted octanol–water partition coefficient (Wildman–Crippen LogP) is 2.01. The van der Waals surface area contributed by atoms with Crippen LogP contribution in [0.4, 0.5) is 0 Å². The van der Waals surface area contributed by atoms with Crippen molar-refractivity contribution >= 4 is 17.5 Å². The molecule has 0 spiro atoms. The molecule has 1 N–H and O–H groups in total. The first-order valence-corrected chi connectivity index (χ1v) is 6.19. The fourth-order valence-corrected chi connectivity index (χ4v) is 2.84. The normalized spacial score (nSPS) is 25.1. The molecule has 1 heterocycles. The number of benzene rings is 1. The molecule has 4 heteroatoms. The van der Waals surface area contributed by atoms with Crippen molar-refractivity contribution in [2.24, 2.45) is 0 Å². The van der Waals surface area contributed by atoms with E-state index in [2.05, 4.69) is 5.32 Å². The molecule has 3 nitrogen and oxygen atoms in total. The lowest BCUT2D eigenvalue weighted by molar-refractivity contribution is -0.140. The summed E-state index contributed by atoms with van der Waals surface area (Å²) in [6, 6.07) is 7.56. The van der Waals surface area contributed by atoms with Gasteiger partial charge in [-0.25, -0.2) is 0 Å². The molecule has 17 heavy (non-hydrogen) atoms. The maximum Gasteiger partial charge on any atom is 0.247 e. The molecule has 1 aromatic rings. The SMILES string of the molecule is CNC1(c2ccccc2Cl)CCCN(C)C1=O. The van der Waals surface area contributed by atoms with Crippen LogP contribution in [0, 0.1) is 0 Å². The van der Waals surface area contributed by atoms with Gasteiger partial charge >= 0.3 is 0 Å². The number of nitrogens with one attached hydrogen (secondary N) is 1. The third-order valence-electron chi connectivity index (χ3n) is 3.52. The number of piperidine rings is 1. The highest BCUT2D eigenvalue weighted by atomic mass is 35.5. The average Bonchev–Trinajstić information content (AvgIpc) is 2.34. The zero-order valence-electron chi connectivity index (χ0n) is 10.2. The number of carbonyl (C=O) groups excluding carboxylic acids is 1. The summed E-state index contributed by atoms with van der Waals surface area (Å²) in [5.74, 6) is 0.0966. The summed E-state index contributed by atoms with van der Waals surface area (Å²) < 4.78 is 0. The third kappa shape index (κ3) is 1.94. The topological polar surface area (TPSA) is 32.3 Å². The second-order valence-corrected chi connectivity index (χ2v) is 4.87. The van der Waals surface area contributed by atoms with E-state index in [4.69, 9.17) is 11.6 Å². The van der Waals surface area contributed by atoms with E-state index in [-0.39, 0.29) is 5.91 Å². The van der Waals surface area contributed by atoms with E-state index in [0.29, 0.717) is 5.02 Å². The van der Waals surface area contributed by atoms with Crippen molar-refractivity contribution in [2.75, 3.05) is 20.6 Å². The molecule has 0 aliphatic carbocycles. The largest absolute Gasteiger partial charge is 0.344 e. The Morgan fingerprint density at radius 1 is 1.41 bits per heavy atom. The first-order chi connectivity index (χ1) is 8.12. The molecule has 1 unspecified atom stereocenters. The minimum absolute atomic E-state index is 0.0966. The molecule has 1 fully saturated rings. The molecule has 92 valence electrons. The minimum Gasteiger partial charge on any atom is -0.344 e. The Morgan fingerprint density at radius 2 is 2.12 bits per heavy atom. The van der Waals surface area contributed by atoms with Crippen molar-refractivity contribution in [2.45, 2.75) is 18.4 Å². The Hall–Kier alpha value is -1.06. The number of rotatable bonds is 2. The van der Waals surface area contributed by atoms with E-state index in [0.717, 1.165) is 24.9 Å². The predicted molar refractivity (Wildman–Crippen MR) is 69.1 cm³/mol. The van der Waals surface area contributed by atoms with Gasteiger partial charge in [0, 0.05) is 24.2 Å². The van der Waals surface area contributed by atoms with Gasteiger partial charge in [0.15, 0.2) is 0 Å². The van der Waals surface area contributed by atoms with Crippen molar-refractivity contribution in [1.29, 1.82) is 0 Å². The van der Waals surface area contributed by atoms with Gasteiger partial charge in [-0.15, -0.1) is 0 Å². The summed E-state index contributed by atoms with van der Waals surface area (Å²) in [6.45, 7) is 0.812. The summed E-state index contributed by atoms with van der Waals surface area (Å²) in [6.07, 6.45) is 1.77. The van der Waals surface area contributed by atoms with Gasteiger partial charge in [-0.3, -0.25) is 4.79 Å². The summed E-state index contributed by atoms with van der Waals surface area (Å²) in [5, 5.41) is 3.82. The molecule has 1 aromatic carbocycles. The first kappa shape index (κ1) is 12.4. The van der Waals surface area contributed by atoms with Crippen LogP contribution in [0.5, 0.6) is 0 Å². The summed E-state index contributed by atoms with van der Waals surface area (Å²) in [7, 11) is 3.66. The van der Waals surface area contributed by atoms with Crippen LogP contribution in [0.2, 0.25) is 5.02 Å². The van der Waals surface area contributed by atoms with Crippen molar-refractivity contribution in [3.8, 4) is 0 Å². The van der Waals surface area contributed by atoms with E-state index in [1.54, 1.807) is 4.90 Å². The first-order valence-electron chi connectivity index (χ1n) is 5.81. The van der Waals surface area contributed by atoms with Crippen molar-refractivity contribution in [1.82, 2.24) is 10.2 Å². The van der Waals surface area contributed by atoms with Gasteiger partial charge in [-0.05, 0) is 26.0 Å². The van der Waals surface area contributed by atoms with Gasteiger partial charge in [-0.1, -0.05) is 29.8 Å². The number of carbonyl (C=O) groups is 1. The Kier molecular flexibility index (Phi) is 3.40. The highest BCUT2D eigenvalue weighted by Crippen LogP contribution is 2.35. The number of hydrogen-bond donors (Lipinski definition) is 1. The molecule has 1 aliphatic rings. The maximum absolute atomic E-state index is 12.4. The van der Waals surface area contributed by atoms with Crippen molar-refractivity contribution in [3.05, 3.63) is 34.9 Å². The van der Waals surface area contributed by atoms with Gasteiger partial charge in [0.2, 0.25) is 5.91 Å². The van der Waals surface area contributed by atoms with Crippen LogP contribution in [-0.2, 0) is 10.3 Å². The second-order valence-electron chi connectivity index (χ2n) is 4.47. The fraction of sp³-hybridized carbons (Fsp3) is 0.462. The maximum atomic E-state index is 12.4. The zero-order chi connectivity index (χ0) is 12.5. The molecule has 0 saturated carbocycles. The quantitative estimate of drug-likeness (QED) is 0.873. The Labute approximate surface area is 107 Å². The number of likely N-dealkylation sites (N-methyl/N-ethyl adjacent to an activating group) is 2. The number of amides is 1. The van der Waals surface area contributed by atoms with E-state index in [9.17, 15) is 4.79 Å². The molecular formula is C13H17ClN2O. The average molecular weight is 253 g/mol. The number of nitrogens with zero attached hydrogens (tertiary/aromatic N) is 1. The highest BCUT2D eigenvalue weighted by molar-refractivity contribution is 6.31. The van der Waals surface area contributed by atoms with Crippen LogP contribution in [0.15, 0.2) is 24.3 Å². The van der Waals surface area contributed by atoms with Crippen LogP contribution >= 0.6 is 11.6 Å². The van der Waals surface area contributed by atoms with Crippen LogP contribution in [0.3, 0.4) is 0 Å². The molecule has 2 rings (SSSR count). The van der Waals surface area contributed by atoms with Gasteiger partial charge in [0.05, 0.1) is 0 Å². The Morgan fingerprint density at radius 3 is 2.76 bits per heavy atom. The lowest BCUT2D eigenvalue weighted by atomic mass is 9.81. The highest BCUT2D eigenvalue weighted by Gasteiger charge is 2.44. The van der Waals surface area contributed by atoms with Gasteiger partial charge in [-0.2, -0.15) is 0 Å². The van der Waals surface area contributed by atoms with Crippen LogP contribution < -0.4 is 5.32 Å². The van der Waals surface area contributed by atoms with Crippen LogP contribution in [0.25, 0.3) is 0 Å². The van der Waals surface area contributed by atoms with Crippen LogP contribution in [0.1, 0.15) is 18.4 Å². The van der Waals surface area contributed by atoms with Crippen molar-refractivity contribution in [3.63, 3.8) is 0 Å². The van der Waals surface area contributed by atoms with E-state index < -0.39 is 5.54 Å². The summed E-state index contributed by atoms with van der Waals surface area (Å²) in [4.78, 5) is 14.2. The Balaban J connectivity index is 2.50. The third-order valence-corrected chi connectivity index (χ3v) is 3.85. The molecule has 1 saturated heterocycles. The minimum atomic E-state index is -0.661. The lowest BCUT2D eigenvalue weighted by Crippen LogP contribution is -2.57. The smallest absolute Gasteiger partial charge is 0.247 e. The summed E-state index contributed by atoms with van der Waals surface area (Å²) >= 11 is 6.23. The molecule has 0 radical (unpaired) electrons. The zero-order valence-corrected chi connectivity index (χ0v) is 10.9. The second kappa shape index (κ2) is 4.67. The van der Waals surface area contributed by atoms with E-state index in [1.807, 2.05) is 38.4 Å². The monoisotopic (exact) mass is 252 g/mol. The van der Waals surface area contributed by atoms with E-state index >= 15 is 0 Å². The van der Waals surface area contributed by atoms with Gasteiger partial charge < -0.3 is 10.2 Å². The fourth-order valence-electron chi connectivity index (χ4n) is 2.54. The Bertz CT molecular complexity index is 435. The summed E-state index contributed by atoms with van der Waals surface area (Å²) in [5.41, 5.74) is 0.214. The standard InChI is InChI=1S/C13H17ClN2O/c1-15-13(8-5-9-16(2)12(13)17)10-6-3-4-7-11(10)14/h3-4,6-7,15H,5,8-9H2,1-2H3. The van der Waals surface area contributed by atoms with Crippen molar-refractivity contribution < 1.29 is 4.79 Å². The van der Waals surface area contributed by atoms with Gasteiger partial charge in [0.1, 0.15) is 5.54 Å². The lowest BCUT2D eigenvalue weighted by Gasteiger charge is -2.40. The van der Waals surface area contributed by atoms with Crippen LogP contribution in [-0.4, -0.2) is 31.4 Å².